The number of rotatable bonds is 6. The molecule has 0 saturated carbocycles. The van der Waals surface area contributed by atoms with E-state index in [2.05, 4.69) is 14.7 Å². The summed E-state index contributed by atoms with van der Waals surface area (Å²) in [4.78, 5) is 6.99. The fourth-order valence-electron chi connectivity index (χ4n) is 1.84. The van der Waals surface area contributed by atoms with Gasteiger partial charge in [0.2, 0.25) is 10.0 Å². The average molecular weight is 305 g/mol. The molecular weight excluding hydrogens is 290 g/mol. The molecule has 1 aromatic carbocycles. The van der Waals surface area contributed by atoms with E-state index < -0.39 is 10.0 Å². The molecule has 8 heteroatoms. The third-order valence-corrected chi connectivity index (χ3v) is 4.40. The summed E-state index contributed by atoms with van der Waals surface area (Å²) in [5.41, 5.74) is 6.07. The Morgan fingerprint density at radius 3 is 2.86 bits per heavy atom. The summed E-state index contributed by atoms with van der Waals surface area (Å²) >= 11 is 0. The minimum atomic E-state index is -3.67. The monoisotopic (exact) mass is 305 g/mol. The zero-order valence-electron chi connectivity index (χ0n) is 11.2. The highest BCUT2D eigenvalue weighted by Gasteiger charge is 2.17. The minimum Gasteiger partial charge on any atom is -0.398 e. The second-order valence-electron chi connectivity index (χ2n) is 4.40. The number of benzene rings is 1. The van der Waals surface area contributed by atoms with Crippen LogP contribution in [0.25, 0.3) is 0 Å². The molecule has 21 heavy (non-hydrogen) atoms. The lowest BCUT2D eigenvalue weighted by Crippen LogP contribution is -2.26. The molecule has 0 spiro atoms. The molecule has 4 N–H and O–H groups in total. The zero-order valence-corrected chi connectivity index (χ0v) is 12.0. The molecule has 0 aliphatic heterocycles. The quantitative estimate of drug-likeness (QED) is 0.537. The fourth-order valence-corrected chi connectivity index (χ4v) is 3.02. The van der Waals surface area contributed by atoms with Crippen LogP contribution >= 0.6 is 0 Å². The summed E-state index contributed by atoms with van der Waals surface area (Å²) < 4.78 is 26.7. The number of nitrogens with zero attached hydrogens (tertiary/aromatic N) is 2. The SMILES string of the molecule is N#Cc1ccc(S(=O)(=O)NCCCc2ncc[nH]2)c(N)c1. The van der Waals surface area contributed by atoms with Crippen molar-refractivity contribution in [3.63, 3.8) is 0 Å². The lowest BCUT2D eigenvalue weighted by molar-refractivity contribution is 0.578. The first kappa shape index (κ1) is 15.0. The number of hydrogen-bond acceptors (Lipinski definition) is 5. The molecule has 0 saturated heterocycles. The van der Waals surface area contributed by atoms with Gasteiger partial charge in [0.05, 0.1) is 17.3 Å². The predicted molar refractivity (Wildman–Crippen MR) is 77.7 cm³/mol. The van der Waals surface area contributed by atoms with Gasteiger partial charge in [-0.3, -0.25) is 0 Å². The number of nitrogen functional groups attached to an aromatic ring is 1. The van der Waals surface area contributed by atoms with Gasteiger partial charge in [0.15, 0.2) is 0 Å². The molecule has 0 unspecified atom stereocenters. The number of sulfonamides is 1. The summed E-state index contributed by atoms with van der Waals surface area (Å²) in [6.45, 7) is 0.280. The maximum atomic E-state index is 12.1. The highest BCUT2D eigenvalue weighted by Crippen LogP contribution is 2.19. The molecule has 1 aromatic heterocycles. The van der Waals surface area contributed by atoms with Crippen LogP contribution in [0.3, 0.4) is 0 Å². The van der Waals surface area contributed by atoms with Gasteiger partial charge in [-0.05, 0) is 24.6 Å². The molecule has 0 radical (unpaired) electrons. The predicted octanol–water partition coefficient (Wildman–Crippen LogP) is 0.775. The lowest BCUT2D eigenvalue weighted by Gasteiger charge is -2.09. The van der Waals surface area contributed by atoms with Crippen LogP contribution < -0.4 is 10.5 Å². The van der Waals surface area contributed by atoms with Crippen LogP contribution in [-0.4, -0.2) is 24.9 Å². The van der Waals surface area contributed by atoms with Crippen molar-refractivity contribution in [1.29, 1.82) is 5.26 Å². The van der Waals surface area contributed by atoms with Crippen LogP contribution in [0.5, 0.6) is 0 Å². The lowest BCUT2D eigenvalue weighted by atomic mass is 10.2. The summed E-state index contributed by atoms with van der Waals surface area (Å²) in [7, 11) is -3.67. The van der Waals surface area contributed by atoms with Crippen molar-refractivity contribution in [2.24, 2.45) is 0 Å². The van der Waals surface area contributed by atoms with Gasteiger partial charge in [0.25, 0.3) is 0 Å². The number of imidazole rings is 1. The van der Waals surface area contributed by atoms with E-state index in [-0.39, 0.29) is 17.1 Å². The number of anilines is 1. The Bertz CT molecular complexity index is 747. The Morgan fingerprint density at radius 2 is 2.24 bits per heavy atom. The average Bonchev–Trinajstić information content (AvgIpc) is 2.96. The third-order valence-electron chi connectivity index (χ3n) is 2.87. The number of nitriles is 1. The van der Waals surface area contributed by atoms with Gasteiger partial charge in [0.1, 0.15) is 10.7 Å². The smallest absolute Gasteiger partial charge is 0.242 e. The summed E-state index contributed by atoms with van der Waals surface area (Å²) in [5.74, 6) is 0.812. The number of aromatic nitrogens is 2. The molecular formula is C13H15N5O2S. The van der Waals surface area contributed by atoms with Gasteiger partial charge in [-0.2, -0.15) is 5.26 Å². The van der Waals surface area contributed by atoms with Crippen molar-refractivity contribution >= 4 is 15.7 Å². The maximum absolute atomic E-state index is 12.1. The van der Waals surface area contributed by atoms with Crippen LogP contribution in [0.2, 0.25) is 0 Å². The molecule has 2 rings (SSSR count). The highest BCUT2D eigenvalue weighted by molar-refractivity contribution is 7.89. The largest absolute Gasteiger partial charge is 0.398 e. The molecule has 0 aliphatic carbocycles. The molecule has 0 bridgehead atoms. The van der Waals surface area contributed by atoms with Gasteiger partial charge in [0, 0.05) is 25.4 Å². The van der Waals surface area contributed by atoms with E-state index in [0.29, 0.717) is 18.4 Å². The van der Waals surface area contributed by atoms with E-state index in [4.69, 9.17) is 11.0 Å². The van der Waals surface area contributed by atoms with E-state index in [0.717, 1.165) is 5.82 Å². The maximum Gasteiger partial charge on any atom is 0.242 e. The van der Waals surface area contributed by atoms with Crippen molar-refractivity contribution < 1.29 is 8.42 Å². The summed E-state index contributed by atoms with van der Waals surface area (Å²) in [5, 5.41) is 8.74. The van der Waals surface area contributed by atoms with Crippen LogP contribution in [-0.2, 0) is 16.4 Å². The Kier molecular flexibility index (Phi) is 4.57. The minimum absolute atomic E-state index is 0.0144. The Morgan fingerprint density at radius 1 is 1.43 bits per heavy atom. The van der Waals surface area contributed by atoms with Crippen molar-refractivity contribution in [1.82, 2.24) is 14.7 Å². The normalized spacial score (nSPS) is 11.2. The van der Waals surface area contributed by atoms with E-state index in [9.17, 15) is 8.42 Å². The van der Waals surface area contributed by atoms with E-state index in [1.54, 1.807) is 12.4 Å². The number of nitrogens with one attached hydrogen (secondary N) is 2. The Hall–Kier alpha value is -2.37. The molecule has 2 aromatic rings. The summed E-state index contributed by atoms with van der Waals surface area (Å²) in [6, 6.07) is 6.01. The van der Waals surface area contributed by atoms with Gasteiger partial charge in [-0.1, -0.05) is 0 Å². The molecule has 0 fully saturated rings. The molecule has 110 valence electrons. The Labute approximate surface area is 122 Å². The molecule has 7 nitrogen and oxygen atoms in total. The van der Waals surface area contributed by atoms with Crippen LogP contribution in [0, 0.1) is 11.3 Å². The number of nitrogens with two attached hydrogens (primary N) is 1. The van der Waals surface area contributed by atoms with Crippen molar-refractivity contribution in [2.45, 2.75) is 17.7 Å². The number of hydrogen-bond donors (Lipinski definition) is 3. The topological polar surface area (TPSA) is 125 Å². The van der Waals surface area contributed by atoms with Gasteiger partial charge in [-0.15, -0.1) is 0 Å². The zero-order chi connectivity index (χ0) is 15.3. The van der Waals surface area contributed by atoms with E-state index >= 15 is 0 Å². The second kappa shape index (κ2) is 6.39. The summed E-state index contributed by atoms with van der Waals surface area (Å²) in [6.07, 6.45) is 4.63. The molecule has 1 heterocycles. The van der Waals surface area contributed by atoms with Gasteiger partial charge < -0.3 is 10.7 Å². The first-order valence-corrected chi connectivity index (χ1v) is 7.79. The van der Waals surface area contributed by atoms with Crippen LogP contribution in [0.4, 0.5) is 5.69 Å². The third kappa shape index (κ3) is 3.81. The first-order valence-electron chi connectivity index (χ1n) is 6.30. The second-order valence-corrected chi connectivity index (χ2v) is 6.14. The van der Waals surface area contributed by atoms with Gasteiger partial charge in [-0.25, -0.2) is 18.1 Å². The molecule has 0 atom stereocenters. The first-order chi connectivity index (χ1) is 10.0. The number of H-pyrrole nitrogens is 1. The number of aryl methyl sites for hydroxylation is 1. The highest BCUT2D eigenvalue weighted by atomic mass is 32.2. The van der Waals surface area contributed by atoms with E-state index in [1.165, 1.54) is 18.2 Å². The van der Waals surface area contributed by atoms with Crippen molar-refractivity contribution in [3.8, 4) is 6.07 Å². The van der Waals surface area contributed by atoms with Gasteiger partial charge >= 0.3 is 0 Å². The standard InChI is InChI=1S/C13H15N5O2S/c14-9-10-3-4-12(11(15)8-10)21(19,20)18-5-1-2-13-16-6-7-17-13/h3-4,6-8,18H,1-2,5,15H2,(H,16,17). The van der Waals surface area contributed by atoms with Crippen LogP contribution in [0.15, 0.2) is 35.5 Å². The van der Waals surface area contributed by atoms with E-state index in [1.807, 2.05) is 6.07 Å². The number of aromatic amines is 1. The molecule has 0 amide bonds. The molecule has 0 aliphatic rings. The van der Waals surface area contributed by atoms with Crippen molar-refractivity contribution in [2.75, 3.05) is 12.3 Å². The fraction of sp³-hybridized carbons (Fsp3) is 0.231. The van der Waals surface area contributed by atoms with Crippen molar-refractivity contribution in [3.05, 3.63) is 42.0 Å². The Balaban J connectivity index is 1.97. The van der Waals surface area contributed by atoms with Crippen LogP contribution in [0.1, 0.15) is 17.8 Å².